The van der Waals surface area contributed by atoms with Crippen molar-refractivity contribution in [3.8, 4) is 5.69 Å². The number of nitrogens with zero attached hydrogens (tertiary/aromatic N) is 6. The molecule has 0 radical (unpaired) electrons. The van der Waals surface area contributed by atoms with E-state index in [9.17, 15) is 13.2 Å². The van der Waals surface area contributed by atoms with Crippen LogP contribution < -0.4 is 5.56 Å². The van der Waals surface area contributed by atoms with Crippen LogP contribution in [0.2, 0.25) is 0 Å². The molecule has 0 amide bonds. The lowest BCUT2D eigenvalue weighted by Gasteiger charge is -2.42. The molecule has 2 aliphatic heterocycles. The molecule has 2 saturated heterocycles. The number of fused-ring (bicyclic) bond motifs is 1. The van der Waals surface area contributed by atoms with E-state index in [4.69, 9.17) is 4.74 Å². The van der Waals surface area contributed by atoms with Crippen LogP contribution in [0.5, 0.6) is 0 Å². The summed E-state index contributed by atoms with van der Waals surface area (Å²) in [6.07, 6.45) is 6.47. The Bertz CT molecular complexity index is 2140. The molecule has 5 heterocycles. The third-order valence-corrected chi connectivity index (χ3v) is 11.9. The van der Waals surface area contributed by atoms with Gasteiger partial charge in [-0.25, -0.2) is 12.4 Å². The summed E-state index contributed by atoms with van der Waals surface area (Å²) in [6, 6.07) is 16.8. The van der Waals surface area contributed by atoms with Gasteiger partial charge in [0.2, 0.25) is 0 Å². The molecule has 0 unspecified atom stereocenters. The molecule has 0 spiro atoms. The molecule has 0 saturated carbocycles. The first kappa shape index (κ1) is 32.5. The third-order valence-electron chi connectivity index (χ3n) is 10.1. The fourth-order valence-electron chi connectivity index (χ4n) is 7.34. The van der Waals surface area contributed by atoms with E-state index in [1.54, 1.807) is 35.2 Å². The van der Waals surface area contributed by atoms with Gasteiger partial charge in [0.25, 0.3) is 15.6 Å². The molecule has 0 N–H and O–H groups in total. The maximum absolute atomic E-state index is 14.8. The highest BCUT2D eigenvalue weighted by Crippen LogP contribution is 2.37. The van der Waals surface area contributed by atoms with Crippen molar-refractivity contribution in [1.82, 2.24) is 28.2 Å². The van der Waals surface area contributed by atoms with Crippen molar-refractivity contribution in [2.45, 2.75) is 69.7 Å². The lowest BCUT2D eigenvalue weighted by molar-refractivity contribution is -0.0611. The smallest absolute Gasteiger partial charge is 0.280 e. The van der Waals surface area contributed by atoms with Gasteiger partial charge in [0.15, 0.2) is 0 Å². The normalized spacial score (nSPS) is 18.4. The van der Waals surface area contributed by atoms with Gasteiger partial charge < -0.3 is 9.30 Å². The number of benzene rings is 2. The molecule has 0 bridgehead atoms. The van der Waals surface area contributed by atoms with E-state index < -0.39 is 10.0 Å². The monoisotopic (exact) mass is 668 g/mol. The molecule has 1 atom stereocenters. The van der Waals surface area contributed by atoms with Crippen molar-refractivity contribution in [2.24, 2.45) is 13.0 Å². The van der Waals surface area contributed by atoms with E-state index in [1.807, 2.05) is 49.0 Å². The summed E-state index contributed by atoms with van der Waals surface area (Å²) < 4.78 is 39.8. The van der Waals surface area contributed by atoms with Crippen LogP contribution in [0.4, 0.5) is 0 Å². The van der Waals surface area contributed by atoms with E-state index in [2.05, 4.69) is 41.9 Å². The number of hydrogen-bond donors (Lipinski definition) is 0. The molecule has 10 nitrogen and oxygen atoms in total. The zero-order valence-electron chi connectivity index (χ0n) is 28.4. The van der Waals surface area contributed by atoms with Gasteiger partial charge in [0, 0.05) is 54.9 Å². The minimum absolute atomic E-state index is 0.0330. The predicted molar refractivity (Wildman–Crippen MR) is 186 cm³/mol. The summed E-state index contributed by atoms with van der Waals surface area (Å²) in [5.41, 5.74) is 3.72. The number of ether oxygens (including phenoxy) is 1. The van der Waals surface area contributed by atoms with Crippen LogP contribution in [0.25, 0.3) is 16.6 Å². The molecule has 3 aromatic heterocycles. The lowest BCUT2D eigenvalue weighted by atomic mass is 9.75. The number of rotatable bonds is 9. The van der Waals surface area contributed by atoms with Crippen molar-refractivity contribution < 1.29 is 13.2 Å². The summed E-state index contributed by atoms with van der Waals surface area (Å²) in [4.78, 5) is 17.3. The standard InChI is InChI=1S/C37H44N6O4S/c1-25(2)33-21-42(29-10-6-9-28(16-29)37(22-47-23-37)18-34-39-38-24-40(34)5)36(44)35-32(33)17-30(20-41-15-7-8-27(4)19-41)43(35)48(45,46)31-13-11-26(3)12-14-31/h6,9-14,16-17,21,24-25,27H,7-8,15,18-20,22-23H2,1-5H3/t27-/m0/s1. The molecule has 2 aliphatic rings. The fraction of sp³-hybridized carbons (Fsp3) is 0.432. The number of likely N-dealkylation sites (tertiary alicyclic amines) is 1. The second-order valence-electron chi connectivity index (χ2n) is 14.2. The Morgan fingerprint density at radius 2 is 1.85 bits per heavy atom. The first-order chi connectivity index (χ1) is 23.0. The molecule has 5 aromatic rings. The van der Waals surface area contributed by atoms with E-state index in [0.717, 1.165) is 48.4 Å². The summed E-state index contributed by atoms with van der Waals surface area (Å²) >= 11 is 0. The van der Waals surface area contributed by atoms with Crippen molar-refractivity contribution in [1.29, 1.82) is 0 Å². The molecular formula is C37H44N6O4S. The quantitative estimate of drug-likeness (QED) is 0.209. The number of aromatic nitrogens is 5. The molecule has 2 aromatic carbocycles. The Labute approximate surface area is 282 Å². The molecule has 11 heteroatoms. The number of pyridine rings is 1. The molecule has 0 aliphatic carbocycles. The van der Waals surface area contributed by atoms with Crippen LogP contribution in [0.15, 0.2) is 76.8 Å². The lowest BCUT2D eigenvalue weighted by Crippen LogP contribution is -2.49. The van der Waals surface area contributed by atoms with E-state index in [-0.39, 0.29) is 27.3 Å². The fourth-order valence-corrected chi connectivity index (χ4v) is 8.86. The van der Waals surface area contributed by atoms with Gasteiger partial charge in [-0.1, -0.05) is 50.6 Å². The van der Waals surface area contributed by atoms with Gasteiger partial charge in [0.1, 0.15) is 17.7 Å². The molecule has 252 valence electrons. The van der Waals surface area contributed by atoms with Crippen molar-refractivity contribution in [2.75, 3.05) is 26.3 Å². The molecule has 48 heavy (non-hydrogen) atoms. The Balaban J connectivity index is 1.42. The second-order valence-corrected chi connectivity index (χ2v) is 16.0. The molecule has 7 rings (SSSR count). The minimum Gasteiger partial charge on any atom is -0.379 e. The van der Waals surface area contributed by atoms with Crippen LogP contribution in [-0.4, -0.2) is 62.9 Å². The SMILES string of the molecule is Cc1ccc(S(=O)(=O)n2c(CN3CCC[C@H](C)C3)cc3c(C(C)C)cn(-c4cccc(C5(Cc6nncn6C)COC5)c4)c(=O)c32)cc1. The highest BCUT2D eigenvalue weighted by molar-refractivity contribution is 7.90. The zero-order valence-corrected chi connectivity index (χ0v) is 29.2. The van der Waals surface area contributed by atoms with E-state index in [0.29, 0.717) is 48.9 Å². The number of hydrogen-bond acceptors (Lipinski definition) is 7. The third kappa shape index (κ3) is 5.71. The van der Waals surface area contributed by atoms with E-state index >= 15 is 0 Å². The summed E-state index contributed by atoms with van der Waals surface area (Å²) in [7, 11) is -2.18. The van der Waals surface area contributed by atoms with Gasteiger partial charge in [0.05, 0.1) is 18.1 Å². The molecular weight excluding hydrogens is 625 g/mol. The van der Waals surface area contributed by atoms with Crippen LogP contribution >= 0.6 is 0 Å². The maximum atomic E-state index is 14.8. The summed E-state index contributed by atoms with van der Waals surface area (Å²) in [5, 5.41) is 9.06. The van der Waals surface area contributed by atoms with Gasteiger partial charge in [-0.3, -0.25) is 14.3 Å². The van der Waals surface area contributed by atoms with E-state index in [1.165, 1.54) is 3.97 Å². The van der Waals surface area contributed by atoms with Crippen LogP contribution in [0, 0.1) is 12.8 Å². The maximum Gasteiger partial charge on any atom is 0.280 e. The highest BCUT2D eigenvalue weighted by atomic mass is 32.2. The first-order valence-corrected chi connectivity index (χ1v) is 18.3. The minimum atomic E-state index is -4.11. The Morgan fingerprint density at radius 1 is 1.08 bits per heavy atom. The topological polar surface area (TPSA) is 104 Å². The average Bonchev–Trinajstić information content (AvgIpc) is 3.62. The van der Waals surface area contributed by atoms with Crippen LogP contribution in [0.1, 0.15) is 67.7 Å². The largest absolute Gasteiger partial charge is 0.379 e. The van der Waals surface area contributed by atoms with Gasteiger partial charge in [-0.15, -0.1) is 10.2 Å². The van der Waals surface area contributed by atoms with Crippen molar-refractivity contribution in [3.63, 3.8) is 0 Å². The first-order valence-electron chi connectivity index (χ1n) is 16.8. The Kier molecular flexibility index (Phi) is 8.41. The van der Waals surface area contributed by atoms with Crippen LogP contribution in [-0.2, 0) is 40.2 Å². The van der Waals surface area contributed by atoms with Gasteiger partial charge >= 0.3 is 0 Å². The summed E-state index contributed by atoms with van der Waals surface area (Å²) in [5.74, 6) is 1.42. The zero-order chi connectivity index (χ0) is 33.8. The van der Waals surface area contributed by atoms with Crippen LogP contribution in [0.3, 0.4) is 0 Å². The highest BCUT2D eigenvalue weighted by Gasteiger charge is 2.42. The predicted octanol–water partition coefficient (Wildman–Crippen LogP) is 5.33. The molecule has 2 fully saturated rings. The number of piperidine rings is 1. The Morgan fingerprint density at radius 3 is 2.50 bits per heavy atom. The number of aryl methyl sites for hydroxylation is 2. The van der Waals surface area contributed by atoms with Gasteiger partial charge in [-0.2, -0.15) is 0 Å². The van der Waals surface area contributed by atoms with Gasteiger partial charge in [-0.05, 0) is 79.6 Å². The Hall–Kier alpha value is -4.06. The van der Waals surface area contributed by atoms with Crippen molar-refractivity contribution in [3.05, 3.63) is 106 Å². The average molecular weight is 669 g/mol. The summed E-state index contributed by atoms with van der Waals surface area (Å²) in [6.45, 7) is 11.6. The van der Waals surface area contributed by atoms with Crippen molar-refractivity contribution >= 4 is 20.9 Å². The second kappa shape index (κ2) is 12.4.